The molecule has 0 saturated carbocycles. The lowest BCUT2D eigenvalue weighted by Crippen LogP contribution is -2.26. The van der Waals surface area contributed by atoms with Crippen molar-refractivity contribution in [3.63, 3.8) is 0 Å². The number of benzene rings is 1. The summed E-state index contributed by atoms with van der Waals surface area (Å²) in [5.41, 5.74) is 4.30. The van der Waals surface area contributed by atoms with Crippen LogP contribution < -0.4 is 5.48 Å². The van der Waals surface area contributed by atoms with E-state index in [1.807, 2.05) is 23.2 Å². The van der Waals surface area contributed by atoms with E-state index in [9.17, 15) is 4.79 Å². The Labute approximate surface area is 150 Å². The third kappa shape index (κ3) is 3.67. The molecule has 1 aliphatic heterocycles. The predicted molar refractivity (Wildman–Crippen MR) is 95.1 cm³/mol. The van der Waals surface area contributed by atoms with Crippen molar-refractivity contribution in [1.29, 1.82) is 0 Å². The molecule has 8 heteroatoms. The van der Waals surface area contributed by atoms with E-state index in [0.29, 0.717) is 17.3 Å². The Hall–Kier alpha value is -2.38. The van der Waals surface area contributed by atoms with Crippen LogP contribution in [0.2, 0.25) is 5.02 Å². The van der Waals surface area contributed by atoms with E-state index in [2.05, 4.69) is 35.2 Å². The Morgan fingerprint density at radius 3 is 3.00 bits per heavy atom. The van der Waals surface area contributed by atoms with Crippen LogP contribution in [0.15, 0.2) is 46.4 Å². The van der Waals surface area contributed by atoms with Crippen LogP contribution in [-0.4, -0.2) is 27.7 Å². The van der Waals surface area contributed by atoms with Gasteiger partial charge in [-0.3, -0.25) is 15.0 Å². The average molecular weight is 362 g/mol. The van der Waals surface area contributed by atoms with Crippen LogP contribution in [0.5, 0.6) is 0 Å². The van der Waals surface area contributed by atoms with Crippen molar-refractivity contribution in [1.82, 2.24) is 15.5 Å². The summed E-state index contributed by atoms with van der Waals surface area (Å²) in [7, 11) is 0. The van der Waals surface area contributed by atoms with E-state index in [-0.39, 0.29) is 18.4 Å². The first-order chi connectivity index (χ1) is 12.0. The summed E-state index contributed by atoms with van der Waals surface area (Å²) in [6, 6.07) is 7.84. The molecule has 0 radical (unpaired) electrons. The van der Waals surface area contributed by atoms with E-state index in [4.69, 9.17) is 16.8 Å². The molecule has 132 valence electrons. The van der Waals surface area contributed by atoms with E-state index >= 15 is 0 Å². The predicted octanol–water partition coefficient (Wildman–Crippen LogP) is 3.98. The number of halogens is 1. The number of aromatic nitrogens is 1. The largest absolute Gasteiger partial charge is 0.357 e. The third-order valence-electron chi connectivity index (χ3n) is 4.16. The molecule has 1 aliphatic rings. The topological polar surface area (TPSA) is 93.1 Å². The Kier molecular flexibility index (Phi) is 5.06. The zero-order valence-electron chi connectivity index (χ0n) is 14.0. The third-order valence-corrected chi connectivity index (χ3v) is 4.49. The van der Waals surface area contributed by atoms with Crippen LogP contribution in [0.4, 0.5) is 0 Å². The molecule has 1 atom stereocenters. The maximum atomic E-state index is 11.1. The summed E-state index contributed by atoms with van der Waals surface area (Å²) in [6.45, 7) is 4.74. The number of hydroxylamine groups is 1. The Bertz CT molecular complexity index is 843. The van der Waals surface area contributed by atoms with Crippen LogP contribution in [-0.2, 0) is 4.79 Å². The molecule has 2 heterocycles. The zero-order valence-corrected chi connectivity index (χ0v) is 14.8. The highest BCUT2D eigenvalue weighted by molar-refractivity contribution is 6.35. The monoisotopic (exact) mass is 361 g/mol. The molecule has 0 fully saturated rings. The molecule has 0 saturated heterocycles. The second kappa shape index (κ2) is 7.25. The molecule has 1 amide bonds. The molecular formula is C17H20ClN5O2. The van der Waals surface area contributed by atoms with Gasteiger partial charge in [0.05, 0.1) is 18.3 Å². The fourth-order valence-corrected chi connectivity index (χ4v) is 3.25. The van der Waals surface area contributed by atoms with Crippen LogP contribution in [0, 0.1) is 5.92 Å². The number of hydrogen-bond acceptors (Lipinski definition) is 5. The highest BCUT2D eigenvalue weighted by Gasteiger charge is 2.28. The van der Waals surface area contributed by atoms with Crippen LogP contribution >= 0.6 is 11.6 Å². The molecule has 1 unspecified atom stereocenters. The first-order valence-electron chi connectivity index (χ1n) is 8.07. The lowest BCUT2D eigenvalue weighted by Gasteiger charge is -2.27. The molecule has 3 N–H and O–H groups in total. The maximum Gasteiger partial charge on any atom is 0.247 e. The average Bonchev–Trinajstić information content (AvgIpc) is 3.20. The fraction of sp³-hybridized carbons (Fsp3) is 0.353. The van der Waals surface area contributed by atoms with Crippen LogP contribution in [0.25, 0.3) is 10.9 Å². The summed E-state index contributed by atoms with van der Waals surface area (Å²) >= 11 is 6.28. The molecule has 2 aromatic rings. The van der Waals surface area contributed by atoms with Gasteiger partial charge in [0, 0.05) is 28.0 Å². The SMILES string of the molecule is CC(C)C(c1cc2c(Cl)cccc2[nH]1)N1C/C(=C/CC(=O)NO)N=N1. The number of fused-ring (bicyclic) bond motifs is 1. The molecule has 1 aromatic carbocycles. The summed E-state index contributed by atoms with van der Waals surface area (Å²) in [5, 5.41) is 20.5. The van der Waals surface area contributed by atoms with Gasteiger partial charge in [-0.2, -0.15) is 0 Å². The van der Waals surface area contributed by atoms with E-state index < -0.39 is 5.91 Å². The van der Waals surface area contributed by atoms with Gasteiger partial charge in [-0.25, -0.2) is 5.48 Å². The Morgan fingerprint density at radius 2 is 2.32 bits per heavy atom. The molecule has 7 nitrogen and oxygen atoms in total. The van der Waals surface area contributed by atoms with Crippen molar-refractivity contribution in [2.75, 3.05) is 6.54 Å². The summed E-state index contributed by atoms with van der Waals surface area (Å²) in [5.74, 6) is -0.197. The lowest BCUT2D eigenvalue weighted by atomic mass is 10.00. The van der Waals surface area contributed by atoms with Gasteiger partial charge in [0.1, 0.15) is 0 Å². The van der Waals surface area contributed by atoms with Gasteiger partial charge < -0.3 is 4.98 Å². The van der Waals surface area contributed by atoms with Crippen LogP contribution in [0.3, 0.4) is 0 Å². The van der Waals surface area contributed by atoms with Gasteiger partial charge in [0.15, 0.2) is 0 Å². The first kappa shape index (κ1) is 17.4. The molecule has 0 aliphatic carbocycles. The Morgan fingerprint density at radius 1 is 1.52 bits per heavy atom. The highest BCUT2D eigenvalue weighted by atomic mass is 35.5. The van der Waals surface area contributed by atoms with Crippen LogP contribution in [0.1, 0.15) is 32.0 Å². The fourth-order valence-electron chi connectivity index (χ4n) is 3.02. The molecule has 0 spiro atoms. The molecule has 25 heavy (non-hydrogen) atoms. The number of rotatable bonds is 5. The minimum atomic E-state index is -0.480. The standard InChI is InChI=1S/C17H20ClN5O2/c1-10(2)17(15-8-12-13(18)4-3-5-14(12)19-15)23-9-11(20-22-23)6-7-16(24)21-25/h3-6,8,10,17,19,25H,7,9H2,1-2H3,(H,21,24)/b11-6-. The second-order valence-corrected chi connectivity index (χ2v) is 6.74. The summed E-state index contributed by atoms with van der Waals surface area (Å²) in [6.07, 6.45) is 1.72. The van der Waals surface area contributed by atoms with Gasteiger partial charge in [0.25, 0.3) is 0 Å². The van der Waals surface area contributed by atoms with Crippen molar-refractivity contribution in [3.8, 4) is 0 Å². The smallest absolute Gasteiger partial charge is 0.247 e. The number of carbonyl (C=O) groups is 1. The molecule has 3 rings (SSSR count). The minimum absolute atomic E-state index is 0.00443. The van der Waals surface area contributed by atoms with E-state index in [1.165, 1.54) is 0 Å². The zero-order chi connectivity index (χ0) is 18.0. The lowest BCUT2D eigenvalue weighted by molar-refractivity contribution is -0.128. The van der Waals surface area contributed by atoms with Crippen molar-refractivity contribution < 1.29 is 10.0 Å². The number of hydrogen-bond donors (Lipinski definition) is 3. The molecule has 0 bridgehead atoms. The van der Waals surface area contributed by atoms with Gasteiger partial charge in [0.2, 0.25) is 5.91 Å². The molecular weight excluding hydrogens is 342 g/mol. The van der Waals surface area contributed by atoms with Crippen molar-refractivity contribution in [2.45, 2.75) is 26.3 Å². The van der Waals surface area contributed by atoms with E-state index in [1.54, 1.807) is 11.6 Å². The quantitative estimate of drug-likeness (QED) is 0.555. The number of aromatic amines is 1. The van der Waals surface area contributed by atoms with Gasteiger partial charge in [-0.05, 0) is 30.2 Å². The highest BCUT2D eigenvalue weighted by Crippen LogP contribution is 2.35. The second-order valence-electron chi connectivity index (χ2n) is 6.34. The number of nitrogens with zero attached hydrogens (tertiary/aromatic N) is 3. The van der Waals surface area contributed by atoms with Gasteiger partial charge in [-0.15, -0.1) is 5.11 Å². The van der Waals surface area contributed by atoms with Crippen molar-refractivity contribution in [2.24, 2.45) is 16.3 Å². The number of amides is 1. The van der Waals surface area contributed by atoms with Gasteiger partial charge in [-0.1, -0.05) is 36.7 Å². The summed E-state index contributed by atoms with van der Waals surface area (Å²) < 4.78 is 0. The number of nitrogens with one attached hydrogen (secondary N) is 2. The molecule has 1 aromatic heterocycles. The Balaban J connectivity index is 1.83. The number of H-pyrrole nitrogens is 1. The minimum Gasteiger partial charge on any atom is -0.357 e. The number of carbonyl (C=O) groups excluding carboxylic acids is 1. The van der Waals surface area contributed by atoms with Crippen molar-refractivity contribution >= 4 is 28.4 Å². The first-order valence-corrected chi connectivity index (χ1v) is 8.44. The van der Waals surface area contributed by atoms with Gasteiger partial charge >= 0.3 is 0 Å². The summed E-state index contributed by atoms with van der Waals surface area (Å²) in [4.78, 5) is 14.6. The van der Waals surface area contributed by atoms with Crippen molar-refractivity contribution in [3.05, 3.63) is 46.8 Å². The van der Waals surface area contributed by atoms with E-state index in [0.717, 1.165) is 16.6 Å². The maximum absolute atomic E-state index is 11.1. The normalized spacial score (nSPS) is 17.0.